The van der Waals surface area contributed by atoms with Crippen LogP contribution in [0.5, 0.6) is 0 Å². The lowest BCUT2D eigenvalue weighted by atomic mass is 10.2. The molecule has 0 spiro atoms. The Hall–Kier alpha value is -1.35. The van der Waals surface area contributed by atoms with E-state index in [0.29, 0.717) is 19.5 Å². The van der Waals surface area contributed by atoms with Gasteiger partial charge in [-0.2, -0.15) is 0 Å². The maximum absolute atomic E-state index is 11.7. The first kappa shape index (κ1) is 11.7. The summed E-state index contributed by atoms with van der Waals surface area (Å²) in [6, 6.07) is 7.95. The highest BCUT2D eigenvalue weighted by Gasteiger charge is 2.11. The Morgan fingerprint density at radius 3 is 2.40 bits per heavy atom. The van der Waals surface area contributed by atoms with Crippen molar-refractivity contribution in [1.29, 1.82) is 0 Å². The summed E-state index contributed by atoms with van der Waals surface area (Å²) < 4.78 is 0. The van der Waals surface area contributed by atoms with E-state index >= 15 is 0 Å². The maximum Gasteiger partial charge on any atom is 0.228 e. The number of nitrogens with zero attached hydrogens (tertiary/aromatic N) is 1. The Labute approximate surface area is 90.9 Å². The Morgan fingerprint density at radius 1 is 1.33 bits per heavy atom. The van der Waals surface area contributed by atoms with Crippen LogP contribution in [-0.2, 0) is 4.79 Å². The molecule has 82 valence electrons. The average Bonchev–Trinajstić information content (AvgIpc) is 2.22. The molecule has 1 rings (SSSR count). The smallest absolute Gasteiger partial charge is 0.228 e. The third-order valence-corrected chi connectivity index (χ3v) is 2.32. The summed E-state index contributed by atoms with van der Waals surface area (Å²) in [6.45, 7) is 5.08. The van der Waals surface area contributed by atoms with E-state index in [1.54, 1.807) is 4.90 Å². The van der Waals surface area contributed by atoms with Crippen LogP contribution >= 0.6 is 0 Å². The monoisotopic (exact) mass is 206 g/mol. The van der Waals surface area contributed by atoms with Crippen LogP contribution in [-0.4, -0.2) is 19.0 Å². The number of anilines is 1. The molecule has 15 heavy (non-hydrogen) atoms. The van der Waals surface area contributed by atoms with Gasteiger partial charge in [0.2, 0.25) is 5.91 Å². The van der Waals surface area contributed by atoms with Crippen molar-refractivity contribution in [2.75, 3.05) is 18.0 Å². The minimum Gasteiger partial charge on any atom is -0.330 e. The zero-order valence-electron chi connectivity index (χ0n) is 9.36. The van der Waals surface area contributed by atoms with Gasteiger partial charge in [0.15, 0.2) is 0 Å². The van der Waals surface area contributed by atoms with Gasteiger partial charge in [0.25, 0.3) is 0 Å². The number of hydrogen-bond donors (Lipinski definition) is 1. The van der Waals surface area contributed by atoms with E-state index in [4.69, 9.17) is 5.73 Å². The Bertz CT molecular complexity index is 319. The SMILES string of the molecule is CCN(C(=O)CCN)c1ccc(C)cc1. The summed E-state index contributed by atoms with van der Waals surface area (Å²) in [4.78, 5) is 13.5. The second-order valence-corrected chi connectivity index (χ2v) is 3.51. The first-order chi connectivity index (χ1) is 7.19. The lowest BCUT2D eigenvalue weighted by Gasteiger charge is -2.20. The molecule has 0 atom stereocenters. The lowest BCUT2D eigenvalue weighted by molar-refractivity contribution is -0.118. The van der Waals surface area contributed by atoms with Gasteiger partial charge in [-0.3, -0.25) is 4.79 Å². The molecule has 1 aromatic carbocycles. The van der Waals surface area contributed by atoms with Crippen LogP contribution in [0.15, 0.2) is 24.3 Å². The number of carbonyl (C=O) groups excluding carboxylic acids is 1. The van der Waals surface area contributed by atoms with Gasteiger partial charge >= 0.3 is 0 Å². The number of nitrogens with two attached hydrogens (primary N) is 1. The number of amides is 1. The number of hydrogen-bond acceptors (Lipinski definition) is 2. The Morgan fingerprint density at radius 2 is 1.93 bits per heavy atom. The minimum absolute atomic E-state index is 0.0869. The first-order valence-electron chi connectivity index (χ1n) is 5.26. The van der Waals surface area contributed by atoms with Gasteiger partial charge in [0.1, 0.15) is 0 Å². The van der Waals surface area contributed by atoms with Crippen LogP contribution in [0.1, 0.15) is 18.9 Å². The zero-order valence-corrected chi connectivity index (χ0v) is 9.36. The molecule has 1 aromatic rings. The third-order valence-electron chi connectivity index (χ3n) is 2.32. The molecule has 0 heterocycles. The van der Waals surface area contributed by atoms with Crippen molar-refractivity contribution >= 4 is 11.6 Å². The summed E-state index contributed by atoms with van der Waals surface area (Å²) in [5.41, 5.74) is 7.52. The summed E-state index contributed by atoms with van der Waals surface area (Å²) >= 11 is 0. The average molecular weight is 206 g/mol. The number of rotatable bonds is 4. The van der Waals surface area contributed by atoms with Gasteiger partial charge in [0.05, 0.1) is 0 Å². The lowest BCUT2D eigenvalue weighted by Crippen LogP contribution is -2.31. The first-order valence-corrected chi connectivity index (χ1v) is 5.26. The van der Waals surface area contributed by atoms with Crippen molar-refractivity contribution in [3.05, 3.63) is 29.8 Å². The molecule has 0 aliphatic heterocycles. The Kier molecular flexibility index (Phi) is 4.31. The van der Waals surface area contributed by atoms with Gasteiger partial charge in [-0.1, -0.05) is 17.7 Å². The van der Waals surface area contributed by atoms with E-state index in [-0.39, 0.29) is 5.91 Å². The highest BCUT2D eigenvalue weighted by atomic mass is 16.2. The van der Waals surface area contributed by atoms with Crippen LogP contribution in [0.4, 0.5) is 5.69 Å². The molecule has 0 radical (unpaired) electrons. The topological polar surface area (TPSA) is 46.3 Å². The van der Waals surface area contributed by atoms with Crippen molar-refractivity contribution < 1.29 is 4.79 Å². The fraction of sp³-hybridized carbons (Fsp3) is 0.417. The maximum atomic E-state index is 11.7. The summed E-state index contributed by atoms with van der Waals surface area (Å²) in [6.07, 6.45) is 0.404. The molecule has 3 nitrogen and oxygen atoms in total. The summed E-state index contributed by atoms with van der Waals surface area (Å²) in [5.74, 6) is 0.0869. The molecule has 0 saturated heterocycles. The van der Waals surface area contributed by atoms with Gasteiger partial charge in [-0.25, -0.2) is 0 Å². The predicted octanol–water partition coefficient (Wildman–Crippen LogP) is 1.70. The normalized spacial score (nSPS) is 10.1. The standard InChI is InChI=1S/C12H18N2O/c1-3-14(12(15)8-9-13)11-6-4-10(2)5-7-11/h4-7H,3,8-9,13H2,1-2H3. The van der Waals surface area contributed by atoms with Crippen LogP contribution < -0.4 is 10.6 Å². The minimum atomic E-state index is 0.0869. The van der Waals surface area contributed by atoms with E-state index in [1.165, 1.54) is 5.56 Å². The molecule has 0 fully saturated rings. The molecule has 3 heteroatoms. The highest BCUT2D eigenvalue weighted by molar-refractivity contribution is 5.93. The summed E-state index contributed by atoms with van der Waals surface area (Å²) in [5, 5.41) is 0. The van der Waals surface area contributed by atoms with Crippen LogP contribution in [0.2, 0.25) is 0 Å². The van der Waals surface area contributed by atoms with E-state index in [9.17, 15) is 4.79 Å². The largest absolute Gasteiger partial charge is 0.330 e. The molecule has 0 aliphatic rings. The van der Waals surface area contributed by atoms with Crippen LogP contribution in [0, 0.1) is 6.92 Å². The van der Waals surface area contributed by atoms with Gasteiger partial charge in [-0.05, 0) is 26.0 Å². The predicted molar refractivity (Wildman–Crippen MR) is 62.9 cm³/mol. The fourth-order valence-electron chi connectivity index (χ4n) is 1.49. The van der Waals surface area contributed by atoms with Crippen LogP contribution in [0.25, 0.3) is 0 Å². The second-order valence-electron chi connectivity index (χ2n) is 3.51. The van der Waals surface area contributed by atoms with Crippen molar-refractivity contribution in [1.82, 2.24) is 0 Å². The van der Waals surface area contributed by atoms with E-state index < -0.39 is 0 Å². The van der Waals surface area contributed by atoms with E-state index in [1.807, 2.05) is 38.1 Å². The van der Waals surface area contributed by atoms with Crippen LogP contribution in [0.3, 0.4) is 0 Å². The molecule has 0 aliphatic carbocycles. The molecular weight excluding hydrogens is 188 g/mol. The van der Waals surface area contributed by atoms with Gasteiger partial charge < -0.3 is 10.6 Å². The molecule has 0 bridgehead atoms. The number of aryl methyl sites for hydroxylation is 1. The van der Waals surface area contributed by atoms with Gasteiger partial charge in [-0.15, -0.1) is 0 Å². The van der Waals surface area contributed by atoms with Gasteiger partial charge in [0, 0.05) is 25.2 Å². The van der Waals surface area contributed by atoms with Crippen molar-refractivity contribution in [2.45, 2.75) is 20.3 Å². The van der Waals surface area contributed by atoms with Crippen molar-refractivity contribution in [3.63, 3.8) is 0 Å². The zero-order chi connectivity index (χ0) is 11.3. The molecule has 0 unspecified atom stereocenters. The highest BCUT2D eigenvalue weighted by Crippen LogP contribution is 2.15. The van der Waals surface area contributed by atoms with E-state index in [0.717, 1.165) is 5.69 Å². The third kappa shape index (κ3) is 3.06. The molecule has 0 aromatic heterocycles. The van der Waals surface area contributed by atoms with E-state index in [2.05, 4.69) is 0 Å². The van der Waals surface area contributed by atoms with Crippen molar-refractivity contribution in [3.8, 4) is 0 Å². The molecule has 2 N–H and O–H groups in total. The molecular formula is C12H18N2O. The second kappa shape index (κ2) is 5.51. The Balaban J connectivity index is 2.82. The number of benzene rings is 1. The fourth-order valence-corrected chi connectivity index (χ4v) is 1.49. The number of carbonyl (C=O) groups is 1. The van der Waals surface area contributed by atoms with Crippen molar-refractivity contribution in [2.24, 2.45) is 5.73 Å². The molecule has 1 amide bonds. The quantitative estimate of drug-likeness (QED) is 0.815. The molecule has 0 saturated carbocycles. The summed E-state index contributed by atoms with van der Waals surface area (Å²) in [7, 11) is 0.